The summed E-state index contributed by atoms with van der Waals surface area (Å²) in [4.78, 5) is 64.6. The predicted octanol–water partition coefficient (Wildman–Crippen LogP) is 9.94. The summed E-state index contributed by atoms with van der Waals surface area (Å²) in [5, 5.41) is 0. The van der Waals surface area contributed by atoms with E-state index in [4.69, 9.17) is 31.4 Å². The molecule has 0 unspecified atom stereocenters. The van der Waals surface area contributed by atoms with Crippen LogP contribution in [-0.4, -0.2) is 141 Å². The normalized spacial score (nSPS) is 16.2. The summed E-state index contributed by atoms with van der Waals surface area (Å²) in [6, 6.07) is 5.71. The van der Waals surface area contributed by atoms with Crippen molar-refractivity contribution < 1.29 is 58.6 Å². The Balaban J connectivity index is 0.000000438. The van der Waals surface area contributed by atoms with Crippen LogP contribution < -0.4 is 42.3 Å². The Morgan fingerprint density at radius 1 is 0.551 bits per heavy atom. The molecule has 2 saturated heterocycles. The summed E-state index contributed by atoms with van der Waals surface area (Å²) >= 11 is 0. The number of hydrogen-bond acceptors (Lipinski definition) is 16. The highest BCUT2D eigenvalue weighted by atomic mass is 32.2. The highest BCUT2D eigenvalue weighted by Crippen LogP contribution is 2.44. The number of piperidine rings is 2. The van der Waals surface area contributed by atoms with E-state index in [1.54, 1.807) is 37.5 Å². The van der Waals surface area contributed by atoms with Crippen molar-refractivity contribution in [3.8, 4) is 5.75 Å². The van der Waals surface area contributed by atoms with Gasteiger partial charge < -0.3 is 47.4 Å². The van der Waals surface area contributed by atoms with Crippen molar-refractivity contribution in [2.75, 3.05) is 52.5 Å². The summed E-state index contributed by atoms with van der Waals surface area (Å²) in [5.41, 5.74) is 24.3. The van der Waals surface area contributed by atoms with E-state index in [-0.39, 0.29) is 150 Å². The molecular formula is C71H117N11O13S3. The smallest absolute Gasteiger partial charge is 0.309 e. The number of nitrogens with two attached hydrogens (primary N) is 3. The summed E-state index contributed by atoms with van der Waals surface area (Å²) in [5.74, 6) is -1.41. The standard InChI is InChI=1S/C42H65N5O8S2.C29H49N5O5S.H3N/c1-13-54-40(49)30-16-19-47(20-17-30)39(48)35(45-57(52,53)38-32(25(4)5)21-31(24(2)3)22-33(38)26(6)7)15-14-18-44-41(43)46-56(50,51)37-28(9)27(8)36-34(29(37)10)23-42(11,12)55-36;1-8-39-28(36)21-11-14-34(15-12-21)27(35)25(10-9-13-32-29(30)31)33-40(37,38)26-23(19(4)5)16-22(18(2)3)17-24(26)20(6)7;/h21-22,24-26,30,35,45H,13-20,23H2,1-12H3,(H3,43,44,46);16-21,25,33H,8-15H2,1-7H3,(H4,30,31,32);1H3/t35-;25-;/m00./s1. The second kappa shape index (κ2) is 35.8. The lowest BCUT2D eigenvalue weighted by Crippen LogP contribution is -2.51. The van der Waals surface area contributed by atoms with Gasteiger partial charge in [0.05, 0.1) is 39.7 Å². The number of esters is 2. The molecule has 3 aliphatic rings. The zero-order chi connectivity index (χ0) is 73.0. The molecule has 6 rings (SSSR count). The van der Waals surface area contributed by atoms with Gasteiger partial charge in [-0.05, 0) is 185 Å². The molecule has 3 heterocycles. The van der Waals surface area contributed by atoms with E-state index in [0.29, 0.717) is 86.2 Å². The van der Waals surface area contributed by atoms with Crippen molar-refractivity contribution >= 4 is 65.7 Å². The number of sulfonamides is 3. The molecule has 0 spiro atoms. The first-order chi connectivity index (χ1) is 45.1. The van der Waals surface area contributed by atoms with Crippen LogP contribution in [0.4, 0.5) is 0 Å². The zero-order valence-electron chi connectivity index (χ0n) is 61.9. The quantitative estimate of drug-likeness (QED) is 0.0154. The Labute approximate surface area is 585 Å². The number of hydrogen-bond donors (Lipinski definition) is 7. The molecule has 0 aliphatic carbocycles. The maximum absolute atomic E-state index is 14.5. The fourth-order valence-corrected chi connectivity index (χ4v) is 18.2. The Bertz CT molecular complexity index is 3640. The molecule has 0 aromatic heterocycles. The Kier molecular flexibility index (Phi) is 30.7. The van der Waals surface area contributed by atoms with Crippen LogP contribution in [0.5, 0.6) is 5.75 Å². The van der Waals surface area contributed by atoms with Crippen LogP contribution in [0, 0.1) is 32.6 Å². The van der Waals surface area contributed by atoms with Crippen LogP contribution in [0.3, 0.4) is 0 Å². The average molecular weight is 1430 g/mol. The topological polar surface area (TPSA) is 379 Å². The summed E-state index contributed by atoms with van der Waals surface area (Å²) in [7, 11) is -12.4. The van der Waals surface area contributed by atoms with Gasteiger partial charge in [0.1, 0.15) is 23.4 Å². The molecule has 24 nitrogen and oxygen atoms in total. The van der Waals surface area contributed by atoms with Gasteiger partial charge in [-0.1, -0.05) is 107 Å². The van der Waals surface area contributed by atoms with Crippen LogP contribution in [0.1, 0.15) is 253 Å². The molecule has 27 heteroatoms. The van der Waals surface area contributed by atoms with Gasteiger partial charge in [-0.2, -0.15) is 9.44 Å². The SMILES string of the molecule is CCOC(=O)C1CCN(C(=O)[C@H](CCCN=C(N)N)NS(=O)(=O)c2c(C(C)C)cc(C(C)C)cc2C(C)C)CC1.CCOC(=O)C1CCN(C(=O)[C@H](CCCN=C(N)NS(=O)(=O)c2c(C)c(C)c3c(c2C)CC(C)(C)O3)NS(=O)(=O)c2c(C(C)C)cc(C(C)C)cc2C(C)C)CC1.N. The first kappa shape index (κ1) is 84.0. The summed E-state index contributed by atoms with van der Waals surface area (Å²) in [6.45, 7) is 39.0. The molecule has 0 radical (unpaired) electrons. The fraction of sp³-hybridized carbons (Fsp3) is 0.662. The van der Waals surface area contributed by atoms with Gasteiger partial charge in [-0.25, -0.2) is 30.0 Å². The van der Waals surface area contributed by atoms with E-state index in [0.717, 1.165) is 33.4 Å². The van der Waals surface area contributed by atoms with Gasteiger partial charge in [-0.3, -0.25) is 29.2 Å². The van der Waals surface area contributed by atoms with Crippen molar-refractivity contribution in [2.45, 2.75) is 257 Å². The van der Waals surface area contributed by atoms with E-state index in [1.165, 1.54) is 0 Å². The number of nitrogens with one attached hydrogen (secondary N) is 3. The lowest BCUT2D eigenvalue weighted by Gasteiger charge is -2.34. The third-order valence-electron chi connectivity index (χ3n) is 18.4. The van der Waals surface area contributed by atoms with Crippen molar-refractivity contribution in [3.63, 3.8) is 0 Å². The molecule has 2 fully saturated rings. The van der Waals surface area contributed by atoms with Crippen LogP contribution in [0.15, 0.2) is 48.9 Å². The molecule has 0 bridgehead atoms. The number of guanidine groups is 2. The van der Waals surface area contributed by atoms with Crippen LogP contribution >= 0.6 is 0 Å². The molecule has 552 valence electrons. The number of carbonyl (C=O) groups excluding carboxylic acids is 4. The molecule has 0 saturated carbocycles. The molecular weight excluding hydrogens is 1310 g/mol. The Morgan fingerprint density at radius 3 is 1.23 bits per heavy atom. The minimum Gasteiger partial charge on any atom is -0.487 e. The van der Waals surface area contributed by atoms with E-state index in [1.807, 2.05) is 100 Å². The number of nitrogens with zero attached hydrogens (tertiary/aromatic N) is 4. The third kappa shape index (κ3) is 21.6. The van der Waals surface area contributed by atoms with E-state index < -0.39 is 53.7 Å². The number of fused-ring (bicyclic) bond motifs is 1. The Hall–Kier alpha value is -6.39. The summed E-state index contributed by atoms with van der Waals surface area (Å²) < 4.78 is 109. The minimum absolute atomic E-state index is 0. The number of benzene rings is 3. The van der Waals surface area contributed by atoms with Crippen LogP contribution in [0.25, 0.3) is 0 Å². The maximum atomic E-state index is 14.5. The summed E-state index contributed by atoms with van der Waals surface area (Å²) in [6.07, 6.45) is 3.25. The maximum Gasteiger partial charge on any atom is 0.309 e. The second-order valence-corrected chi connectivity index (χ2v) is 33.5. The largest absolute Gasteiger partial charge is 0.487 e. The van der Waals surface area contributed by atoms with Crippen molar-refractivity contribution in [1.82, 2.24) is 30.1 Å². The number of ether oxygens (including phenoxy) is 3. The van der Waals surface area contributed by atoms with Crippen molar-refractivity contribution in [3.05, 3.63) is 79.9 Å². The highest BCUT2D eigenvalue weighted by molar-refractivity contribution is 7.90. The molecule has 3 aromatic rings. The molecule has 12 N–H and O–H groups in total. The zero-order valence-corrected chi connectivity index (χ0v) is 64.3. The number of carbonyl (C=O) groups is 4. The highest BCUT2D eigenvalue weighted by Gasteiger charge is 2.40. The molecule has 3 aromatic carbocycles. The lowest BCUT2D eigenvalue weighted by atomic mass is 9.89. The Morgan fingerprint density at radius 2 is 0.908 bits per heavy atom. The number of aliphatic imine (C=N–C) groups is 2. The first-order valence-corrected chi connectivity index (χ1v) is 39.1. The third-order valence-corrected chi connectivity index (χ3v) is 23.3. The van der Waals surface area contributed by atoms with Crippen molar-refractivity contribution in [1.29, 1.82) is 0 Å². The van der Waals surface area contributed by atoms with Gasteiger partial charge in [0.25, 0.3) is 10.0 Å². The molecule has 3 aliphatic heterocycles. The van der Waals surface area contributed by atoms with Gasteiger partial charge >= 0.3 is 11.9 Å². The molecule has 2 amide bonds. The van der Waals surface area contributed by atoms with Crippen LogP contribution in [0.2, 0.25) is 0 Å². The van der Waals surface area contributed by atoms with Gasteiger partial charge in [0, 0.05) is 51.3 Å². The van der Waals surface area contributed by atoms with Gasteiger partial charge in [-0.15, -0.1) is 0 Å². The van der Waals surface area contributed by atoms with E-state index in [2.05, 4.69) is 51.8 Å². The first-order valence-electron chi connectivity index (χ1n) is 34.6. The molecule has 98 heavy (non-hydrogen) atoms. The minimum atomic E-state index is -4.23. The predicted molar refractivity (Wildman–Crippen MR) is 388 cm³/mol. The van der Waals surface area contributed by atoms with Gasteiger partial charge in [0.15, 0.2) is 5.96 Å². The monoisotopic (exact) mass is 1430 g/mol. The fourth-order valence-electron chi connectivity index (χ4n) is 12.9. The van der Waals surface area contributed by atoms with Crippen molar-refractivity contribution in [2.24, 2.45) is 39.0 Å². The number of rotatable bonds is 28. The van der Waals surface area contributed by atoms with E-state index in [9.17, 15) is 44.4 Å². The van der Waals surface area contributed by atoms with Crippen LogP contribution in [-0.2, 0) is 65.1 Å². The van der Waals surface area contributed by atoms with E-state index >= 15 is 0 Å². The number of likely N-dealkylation sites (tertiary alicyclic amines) is 2. The lowest BCUT2D eigenvalue weighted by molar-refractivity contribution is -0.151. The average Bonchev–Trinajstić information content (AvgIpc) is 1.36. The van der Waals surface area contributed by atoms with Gasteiger partial charge in [0.2, 0.25) is 37.8 Å². The number of amides is 2. The second-order valence-electron chi connectivity index (χ2n) is 28.5. The molecule has 2 atom stereocenters.